The van der Waals surface area contributed by atoms with Crippen LogP contribution in [0.15, 0.2) is 48.8 Å². The summed E-state index contributed by atoms with van der Waals surface area (Å²) in [6.45, 7) is 4.75. The highest BCUT2D eigenvalue weighted by Gasteiger charge is 2.16. The van der Waals surface area contributed by atoms with E-state index in [0.29, 0.717) is 11.4 Å². The standard InChI is InChI=1S/C18H20FN5O2/c1-3-24-17(8-10-20-24)13(2)21-18(25)16-9-11-23(22-16)12-26-15-6-4-14(19)5-7-15/h4-11,13H,3,12H2,1-2H3,(H,21,25). The molecule has 0 saturated carbocycles. The first-order valence-corrected chi connectivity index (χ1v) is 8.31. The van der Waals surface area contributed by atoms with Crippen molar-refractivity contribution in [2.24, 2.45) is 0 Å². The van der Waals surface area contributed by atoms with Crippen LogP contribution < -0.4 is 10.1 Å². The molecule has 0 fully saturated rings. The van der Waals surface area contributed by atoms with Gasteiger partial charge in [-0.3, -0.25) is 9.48 Å². The maximum absolute atomic E-state index is 12.9. The topological polar surface area (TPSA) is 74.0 Å². The SMILES string of the molecule is CCn1nccc1C(C)NC(=O)c1ccn(COc2ccc(F)cc2)n1. The van der Waals surface area contributed by atoms with Crippen LogP contribution in [0.2, 0.25) is 0 Å². The van der Waals surface area contributed by atoms with E-state index in [-0.39, 0.29) is 24.5 Å². The van der Waals surface area contributed by atoms with E-state index in [2.05, 4.69) is 15.5 Å². The molecule has 0 radical (unpaired) electrons. The van der Waals surface area contributed by atoms with E-state index in [4.69, 9.17) is 4.74 Å². The second kappa shape index (κ2) is 7.81. The molecule has 7 nitrogen and oxygen atoms in total. The summed E-state index contributed by atoms with van der Waals surface area (Å²) < 4.78 is 21.7. The third-order valence-electron chi connectivity index (χ3n) is 3.89. The van der Waals surface area contributed by atoms with E-state index in [1.165, 1.54) is 28.9 Å². The summed E-state index contributed by atoms with van der Waals surface area (Å²) in [6.07, 6.45) is 3.36. The Hall–Kier alpha value is -3.16. The van der Waals surface area contributed by atoms with Crippen LogP contribution in [0.25, 0.3) is 0 Å². The molecular formula is C18H20FN5O2. The van der Waals surface area contributed by atoms with Crippen molar-refractivity contribution in [1.82, 2.24) is 24.9 Å². The highest BCUT2D eigenvalue weighted by atomic mass is 19.1. The third kappa shape index (κ3) is 4.08. The number of hydrogen-bond acceptors (Lipinski definition) is 4. The molecule has 2 aromatic heterocycles. The molecule has 0 aliphatic carbocycles. The first kappa shape index (κ1) is 17.7. The van der Waals surface area contributed by atoms with E-state index in [9.17, 15) is 9.18 Å². The molecule has 0 spiro atoms. The lowest BCUT2D eigenvalue weighted by molar-refractivity contribution is 0.0931. The third-order valence-corrected chi connectivity index (χ3v) is 3.89. The molecule has 1 N–H and O–H groups in total. The van der Waals surface area contributed by atoms with E-state index in [1.54, 1.807) is 18.5 Å². The summed E-state index contributed by atoms with van der Waals surface area (Å²) in [5.74, 6) is -0.0785. The zero-order valence-electron chi connectivity index (χ0n) is 14.6. The molecule has 8 heteroatoms. The van der Waals surface area contributed by atoms with Crippen molar-refractivity contribution >= 4 is 5.91 Å². The maximum atomic E-state index is 12.9. The predicted octanol–water partition coefficient (Wildman–Crippen LogP) is 2.77. The Morgan fingerprint density at radius 2 is 2.04 bits per heavy atom. The minimum absolute atomic E-state index is 0.122. The van der Waals surface area contributed by atoms with Gasteiger partial charge in [0.05, 0.1) is 11.7 Å². The summed E-state index contributed by atoms with van der Waals surface area (Å²) >= 11 is 0. The minimum atomic E-state index is -0.325. The summed E-state index contributed by atoms with van der Waals surface area (Å²) in [6, 6.07) is 9.01. The molecule has 136 valence electrons. The van der Waals surface area contributed by atoms with Gasteiger partial charge in [0.2, 0.25) is 0 Å². The lowest BCUT2D eigenvalue weighted by atomic mass is 10.2. The number of amides is 1. The number of aromatic nitrogens is 4. The van der Waals surface area contributed by atoms with Crippen molar-refractivity contribution in [3.05, 3.63) is 66.0 Å². The first-order chi connectivity index (χ1) is 12.6. The molecule has 26 heavy (non-hydrogen) atoms. The average molecular weight is 357 g/mol. The molecule has 3 rings (SSSR count). The molecule has 0 aliphatic heterocycles. The Morgan fingerprint density at radius 1 is 1.27 bits per heavy atom. The number of hydrogen-bond donors (Lipinski definition) is 1. The van der Waals surface area contributed by atoms with Gasteiger partial charge in [0.25, 0.3) is 5.91 Å². The summed E-state index contributed by atoms with van der Waals surface area (Å²) in [5.41, 5.74) is 1.22. The number of nitrogens with one attached hydrogen (secondary N) is 1. The second-order valence-electron chi connectivity index (χ2n) is 5.73. The lowest BCUT2D eigenvalue weighted by Crippen LogP contribution is -2.28. The van der Waals surface area contributed by atoms with Crippen molar-refractivity contribution in [3.8, 4) is 5.75 Å². The summed E-state index contributed by atoms with van der Waals surface area (Å²) in [4.78, 5) is 12.4. The molecule has 3 aromatic rings. The number of aryl methyl sites for hydroxylation is 1. The van der Waals surface area contributed by atoms with Crippen LogP contribution in [0.4, 0.5) is 4.39 Å². The van der Waals surface area contributed by atoms with Crippen molar-refractivity contribution in [2.75, 3.05) is 0 Å². The number of rotatable bonds is 7. The van der Waals surface area contributed by atoms with Crippen LogP contribution in [0, 0.1) is 5.82 Å². The fourth-order valence-corrected chi connectivity index (χ4v) is 2.55. The number of carbonyl (C=O) groups is 1. The van der Waals surface area contributed by atoms with Gasteiger partial charge < -0.3 is 10.1 Å². The Morgan fingerprint density at radius 3 is 2.77 bits per heavy atom. The number of nitrogens with zero attached hydrogens (tertiary/aromatic N) is 4. The van der Waals surface area contributed by atoms with Gasteiger partial charge >= 0.3 is 0 Å². The molecular weight excluding hydrogens is 337 g/mol. The molecule has 1 amide bonds. The van der Waals surface area contributed by atoms with Crippen molar-refractivity contribution in [1.29, 1.82) is 0 Å². The fourth-order valence-electron chi connectivity index (χ4n) is 2.55. The molecule has 0 bridgehead atoms. The number of ether oxygens (including phenoxy) is 1. The van der Waals surface area contributed by atoms with Crippen LogP contribution in [0.1, 0.15) is 36.1 Å². The molecule has 0 saturated heterocycles. The summed E-state index contributed by atoms with van der Waals surface area (Å²) in [7, 11) is 0. The Bertz CT molecular complexity index is 872. The normalized spacial score (nSPS) is 12.0. The van der Waals surface area contributed by atoms with Gasteiger partial charge in [-0.2, -0.15) is 10.2 Å². The molecule has 0 aliphatic rings. The number of halogens is 1. The lowest BCUT2D eigenvalue weighted by Gasteiger charge is -2.14. The van der Waals surface area contributed by atoms with Crippen LogP contribution in [-0.2, 0) is 13.3 Å². The van der Waals surface area contributed by atoms with E-state index in [1.807, 2.05) is 24.6 Å². The number of carbonyl (C=O) groups excluding carboxylic acids is 1. The van der Waals surface area contributed by atoms with Crippen molar-refractivity contribution in [2.45, 2.75) is 33.2 Å². The first-order valence-electron chi connectivity index (χ1n) is 8.31. The zero-order chi connectivity index (χ0) is 18.5. The smallest absolute Gasteiger partial charge is 0.272 e. The van der Waals surface area contributed by atoms with Crippen LogP contribution in [0.5, 0.6) is 5.75 Å². The summed E-state index contributed by atoms with van der Waals surface area (Å²) in [5, 5.41) is 11.3. The number of benzene rings is 1. The Labute approximate surface area is 150 Å². The van der Waals surface area contributed by atoms with Gasteiger partial charge in [-0.25, -0.2) is 9.07 Å². The van der Waals surface area contributed by atoms with Gasteiger partial charge in [-0.05, 0) is 50.2 Å². The van der Waals surface area contributed by atoms with Gasteiger partial charge in [0, 0.05) is 18.9 Å². The molecule has 1 unspecified atom stereocenters. The maximum Gasteiger partial charge on any atom is 0.272 e. The Balaban J connectivity index is 1.58. The highest BCUT2D eigenvalue weighted by molar-refractivity contribution is 5.92. The predicted molar refractivity (Wildman–Crippen MR) is 93.0 cm³/mol. The van der Waals surface area contributed by atoms with Crippen LogP contribution >= 0.6 is 0 Å². The largest absolute Gasteiger partial charge is 0.471 e. The molecule has 2 heterocycles. The van der Waals surface area contributed by atoms with E-state index < -0.39 is 0 Å². The van der Waals surface area contributed by atoms with Crippen molar-refractivity contribution in [3.63, 3.8) is 0 Å². The van der Waals surface area contributed by atoms with Crippen molar-refractivity contribution < 1.29 is 13.9 Å². The van der Waals surface area contributed by atoms with E-state index >= 15 is 0 Å². The highest BCUT2D eigenvalue weighted by Crippen LogP contribution is 2.13. The minimum Gasteiger partial charge on any atom is -0.471 e. The Kier molecular flexibility index (Phi) is 5.31. The quantitative estimate of drug-likeness (QED) is 0.706. The average Bonchev–Trinajstić information content (AvgIpc) is 3.30. The fraction of sp³-hybridized carbons (Fsp3) is 0.278. The zero-order valence-corrected chi connectivity index (χ0v) is 14.6. The van der Waals surface area contributed by atoms with E-state index in [0.717, 1.165) is 12.2 Å². The van der Waals surface area contributed by atoms with Gasteiger partial charge in [0.15, 0.2) is 6.73 Å². The molecule has 1 atom stereocenters. The van der Waals surface area contributed by atoms with Gasteiger partial charge in [-0.1, -0.05) is 0 Å². The monoisotopic (exact) mass is 357 g/mol. The van der Waals surface area contributed by atoms with Gasteiger partial charge in [-0.15, -0.1) is 0 Å². The van der Waals surface area contributed by atoms with Crippen LogP contribution in [0.3, 0.4) is 0 Å². The second-order valence-corrected chi connectivity index (χ2v) is 5.73. The van der Waals surface area contributed by atoms with Gasteiger partial charge in [0.1, 0.15) is 17.3 Å². The molecule has 1 aromatic carbocycles. The van der Waals surface area contributed by atoms with Crippen LogP contribution in [-0.4, -0.2) is 25.5 Å².